The maximum atomic E-state index is 11.5. The Morgan fingerprint density at radius 1 is 1.33 bits per heavy atom. The summed E-state index contributed by atoms with van der Waals surface area (Å²) in [5.41, 5.74) is 0.765. The Balaban J connectivity index is 1.80. The van der Waals surface area contributed by atoms with Crippen LogP contribution in [0.25, 0.3) is 11.4 Å². The fourth-order valence-electron chi connectivity index (χ4n) is 2.17. The van der Waals surface area contributed by atoms with Crippen LogP contribution in [0.5, 0.6) is 0 Å². The molecule has 3 N–H and O–H groups in total. The van der Waals surface area contributed by atoms with Gasteiger partial charge in [0.2, 0.25) is 21.6 Å². The number of hydrogen-bond donors (Lipinski definition) is 3. The van der Waals surface area contributed by atoms with Crippen molar-refractivity contribution in [1.82, 2.24) is 30.5 Å². The number of aliphatic hydroxyl groups is 1. The zero-order valence-electron chi connectivity index (χ0n) is 13.9. The highest BCUT2D eigenvalue weighted by Crippen LogP contribution is 2.21. The van der Waals surface area contributed by atoms with Gasteiger partial charge in [0.1, 0.15) is 13.3 Å². The maximum absolute atomic E-state index is 11.5. The molecule has 1 aromatic carbocycles. The van der Waals surface area contributed by atoms with Crippen LogP contribution < -0.4 is 10.0 Å². The van der Waals surface area contributed by atoms with Crippen LogP contribution in [0.3, 0.4) is 0 Å². The number of nitrogens with zero attached hydrogens (tertiary/aromatic N) is 6. The summed E-state index contributed by atoms with van der Waals surface area (Å²) in [6, 6.07) is 6.51. The van der Waals surface area contributed by atoms with Crippen LogP contribution in [0, 0.1) is 0 Å². The third-order valence-corrected chi connectivity index (χ3v) is 3.85. The molecule has 3 rings (SSSR count). The largest absolute Gasteiger partial charge is 0.388 e. The van der Waals surface area contributed by atoms with Gasteiger partial charge >= 0.3 is 0 Å². The first-order chi connectivity index (χ1) is 12.9. The Morgan fingerprint density at radius 3 is 2.89 bits per heavy atom. The van der Waals surface area contributed by atoms with E-state index in [1.165, 1.54) is 4.68 Å². The Bertz CT molecular complexity index is 1060. The number of sulfonamides is 1. The summed E-state index contributed by atoms with van der Waals surface area (Å²) in [5.74, 6) is -0.288. The van der Waals surface area contributed by atoms with Gasteiger partial charge in [0.25, 0.3) is 0 Å². The minimum Gasteiger partial charge on any atom is -0.388 e. The highest BCUT2D eigenvalue weighted by atomic mass is 32.2. The van der Waals surface area contributed by atoms with Gasteiger partial charge < -0.3 is 10.4 Å². The van der Waals surface area contributed by atoms with E-state index in [1.807, 2.05) is 0 Å². The molecule has 2 heterocycles. The van der Waals surface area contributed by atoms with Crippen molar-refractivity contribution in [2.24, 2.45) is 0 Å². The minimum atomic E-state index is -3.43. The van der Waals surface area contributed by atoms with Gasteiger partial charge in [0.15, 0.2) is 11.5 Å². The van der Waals surface area contributed by atoms with Gasteiger partial charge in [-0.05, 0) is 32.9 Å². The van der Waals surface area contributed by atoms with E-state index in [-0.39, 0.29) is 18.2 Å². The molecule has 2 aromatic heterocycles. The second-order valence-electron chi connectivity index (χ2n) is 5.33. The molecular weight excluding hydrogens is 380 g/mol. The van der Waals surface area contributed by atoms with Gasteiger partial charge in [-0.15, -0.1) is 5.10 Å². The lowest BCUT2D eigenvalue weighted by Gasteiger charge is -2.08. The number of rotatable bonds is 8. The number of hydrogen-bond acceptors (Lipinski definition) is 11. The molecule has 14 heteroatoms. The number of aromatic nitrogens is 6. The summed E-state index contributed by atoms with van der Waals surface area (Å²) < 4.78 is 31.0. The Kier molecular flexibility index (Phi) is 5.09. The number of ketones is 1. The molecular formula is C13H14N8O5S. The van der Waals surface area contributed by atoms with Crippen molar-refractivity contribution in [1.29, 1.82) is 0 Å². The number of Topliss-reactive ketones (excluding diaryl/α,β-unsaturated/α-hetero) is 1. The summed E-state index contributed by atoms with van der Waals surface area (Å²) in [4.78, 5) is 11.5. The number of nitrogens with one attached hydrogen (secondary N) is 2. The summed E-state index contributed by atoms with van der Waals surface area (Å²) in [6.07, 6.45) is 1.05. The van der Waals surface area contributed by atoms with E-state index in [0.717, 1.165) is 6.26 Å². The van der Waals surface area contributed by atoms with Gasteiger partial charge in [-0.3, -0.25) is 9.52 Å². The summed E-state index contributed by atoms with van der Waals surface area (Å²) in [6.45, 7) is -0.731. The van der Waals surface area contributed by atoms with Gasteiger partial charge in [0.05, 0.1) is 6.26 Å². The molecule has 0 saturated carbocycles. The standard InChI is InChI=1S/C13H14N8O5S/c1-27(24,25)18-9-4-2-3-8(5-9)13-15-19-20-21(13)7-14-12-11(10(23)6-22)16-26-17-12/h2-5,18,22H,6-7H2,1H3,(H,14,17). The number of aliphatic hydroxyl groups excluding tert-OH is 1. The zero-order valence-corrected chi connectivity index (χ0v) is 14.7. The highest BCUT2D eigenvalue weighted by molar-refractivity contribution is 7.92. The number of carbonyl (C=O) groups is 1. The first kappa shape index (κ1) is 18.4. The monoisotopic (exact) mass is 394 g/mol. The van der Waals surface area contributed by atoms with Crippen molar-refractivity contribution in [3.63, 3.8) is 0 Å². The molecule has 0 amide bonds. The zero-order chi connectivity index (χ0) is 19.4. The second-order valence-corrected chi connectivity index (χ2v) is 7.08. The average molecular weight is 394 g/mol. The SMILES string of the molecule is CS(=O)(=O)Nc1cccc(-c2nnnn2CNc2nonc2C(=O)CO)c1. The lowest BCUT2D eigenvalue weighted by atomic mass is 10.2. The average Bonchev–Trinajstić information content (AvgIpc) is 3.27. The highest BCUT2D eigenvalue weighted by Gasteiger charge is 2.18. The molecule has 0 aliphatic heterocycles. The van der Waals surface area contributed by atoms with Crippen LogP contribution in [0.1, 0.15) is 10.5 Å². The fourth-order valence-corrected chi connectivity index (χ4v) is 2.72. The van der Waals surface area contributed by atoms with Crippen LogP contribution in [0.15, 0.2) is 28.9 Å². The van der Waals surface area contributed by atoms with E-state index in [1.54, 1.807) is 24.3 Å². The number of benzene rings is 1. The molecule has 142 valence electrons. The third kappa shape index (κ3) is 4.42. The molecule has 0 atom stereocenters. The van der Waals surface area contributed by atoms with E-state index in [4.69, 9.17) is 5.11 Å². The maximum Gasteiger partial charge on any atom is 0.229 e. The Morgan fingerprint density at radius 2 is 2.15 bits per heavy atom. The van der Waals surface area contributed by atoms with Gasteiger partial charge in [0, 0.05) is 11.3 Å². The van der Waals surface area contributed by atoms with Gasteiger partial charge in [-0.25, -0.2) is 17.7 Å². The molecule has 27 heavy (non-hydrogen) atoms. The van der Waals surface area contributed by atoms with E-state index in [0.29, 0.717) is 17.1 Å². The summed E-state index contributed by atoms with van der Waals surface area (Å²) >= 11 is 0. The van der Waals surface area contributed by atoms with Crippen LogP contribution in [-0.4, -0.2) is 62.7 Å². The molecule has 0 aliphatic rings. The number of anilines is 2. The number of tetrazole rings is 1. The van der Waals surface area contributed by atoms with Gasteiger partial charge in [-0.1, -0.05) is 12.1 Å². The van der Waals surface area contributed by atoms with E-state index >= 15 is 0 Å². The predicted molar refractivity (Wildman–Crippen MR) is 91.1 cm³/mol. The normalized spacial score (nSPS) is 11.3. The molecule has 13 nitrogen and oxygen atoms in total. The second kappa shape index (κ2) is 7.46. The van der Waals surface area contributed by atoms with Crippen molar-refractivity contribution < 1.29 is 22.9 Å². The quantitative estimate of drug-likeness (QED) is 0.413. The first-order valence-corrected chi connectivity index (χ1v) is 9.31. The van der Waals surface area contributed by atoms with Crippen LogP contribution in [-0.2, 0) is 16.7 Å². The predicted octanol–water partition coefficient (Wildman–Crippen LogP) is -0.661. The summed E-state index contributed by atoms with van der Waals surface area (Å²) in [7, 11) is -3.43. The Labute approximate surface area is 152 Å². The molecule has 3 aromatic rings. The molecule has 0 saturated heterocycles. The van der Waals surface area contributed by atoms with Crippen molar-refractivity contribution in [2.45, 2.75) is 6.67 Å². The molecule has 0 unspecified atom stereocenters. The topological polar surface area (TPSA) is 178 Å². The van der Waals surface area contributed by atoms with E-state index < -0.39 is 22.4 Å². The van der Waals surface area contributed by atoms with Crippen LogP contribution in [0.4, 0.5) is 11.5 Å². The van der Waals surface area contributed by atoms with E-state index in [9.17, 15) is 13.2 Å². The van der Waals surface area contributed by atoms with Crippen molar-refractivity contribution >= 4 is 27.3 Å². The minimum absolute atomic E-state index is 0.00594. The molecule has 0 aliphatic carbocycles. The van der Waals surface area contributed by atoms with Crippen molar-refractivity contribution in [2.75, 3.05) is 22.9 Å². The van der Waals surface area contributed by atoms with Crippen molar-refractivity contribution in [3.8, 4) is 11.4 Å². The molecule has 0 bridgehead atoms. The first-order valence-electron chi connectivity index (χ1n) is 7.42. The lowest BCUT2D eigenvalue weighted by Crippen LogP contribution is -2.15. The van der Waals surface area contributed by atoms with E-state index in [2.05, 4.69) is 40.5 Å². The molecule has 0 spiro atoms. The third-order valence-electron chi connectivity index (χ3n) is 3.25. The Hall–Kier alpha value is -3.39. The smallest absolute Gasteiger partial charge is 0.229 e. The van der Waals surface area contributed by atoms with Crippen LogP contribution >= 0.6 is 0 Å². The van der Waals surface area contributed by atoms with Crippen LogP contribution in [0.2, 0.25) is 0 Å². The number of carbonyl (C=O) groups excluding carboxylic acids is 1. The van der Waals surface area contributed by atoms with Crippen molar-refractivity contribution in [3.05, 3.63) is 30.0 Å². The fraction of sp³-hybridized carbons (Fsp3) is 0.231. The lowest BCUT2D eigenvalue weighted by molar-refractivity contribution is 0.0894. The van der Waals surface area contributed by atoms with Gasteiger partial charge in [-0.2, -0.15) is 0 Å². The molecule has 0 fully saturated rings. The summed E-state index contributed by atoms with van der Waals surface area (Å²) in [5, 5.41) is 30.0. The molecule has 0 radical (unpaired) electrons.